The molecule has 0 amide bonds. The van der Waals surface area contributed by atoms with Crippen LogP contribution in [0.15, 0.2) is 97.1 Å². The van der Waals surface area contributed by atoms with Crippen LogP contribution in [0.2, 0.25) is 0 Å². The van der Waals surface area contributed by atoms with Crippen LogP contribution in [-0.4, -0.2) is 40.3 Å². The Kier molecular flexibility index (Phi) is 6.59. The summed E-state index contributed by atoms with van der Waals surface area (Å²) in [6, 6.07) is 34.5. The van der Waals surface area contributed by atoms with Gasteiger partial charge >= 0.3 is 0 Å². The predicted octanol–water partition coefficient (Wildman–Crippen LogP) is 7.37. The van der Waals surface area contributed by atoms with Crippen molar-refractivity contribution in [2.24, 2.45) is 0 Å². The third kappa shape index (κ3) is 4.45. The summed E-state index contributed by atoms with van der Waals surface area (Å²) < 4.78 is 2.40. The molecule has 1 aliphatic heterocycles. The van der Waals surface area contributed by atoms with Gasteiger partial charge in [0, 0.05) is 22.9 Å². The first-order valence-electron chi connectivity index (χ1n) is 13.3. The van der Waals surface area contributed by atoms with Crippen LogP contribution in [0.1, 0.15) is 25.7 Å². The molecule has 3 heteroatoms. The number of likely N-dealkylation sites (tertiary alicyclic amines) is 1. The van der Waals surface area contributed by atoms with Crippen LogP contribution in [-0.2, 0) is 6.54 Å². The Hall–Kier alpha value is -3.40. The number of hydrogen-bond donors (Lipinski definition) is 1. The van der Waals surface area contributed by atoms with Crippen molar-refractivity contribution in [3.8, 4) is 22.4 Å². The lowest BCUT2D eigenvalue weighted by molar-refractivity contribution is 0.101. The van der Waals surface area contributed by atoms with E-state index in [9.17, 15) is 5.11 Å². The fourth-order valence-corrected chi connectivity index (χ4v) is 5.98. The molecule has 6 rings (SSSR count). The van der Waals surface area contributed by atoms with E-state index >= 15 is 0 Å². The standard InChI is InChI=1S/C33H34N2O/c36-28(23-34-21-11-1-2-12-22-34)24-35-32(27-16-7-4-8-17-27)31(26-14-5-3-6-15-26)30-20-19-25-13-9-10-18-29(25)33(30)35/h3-10,13-20,28,36H,1-2,11-12,21-24H2. The number of nitrogens with zero attached hydrogens (tertiary/aromatic N) is 2. The Morgan fingerprint density at radius 2 is 1.25 bits per heavy atom. The van der Waals surface area contributed by atoms with Crippen molar-refractivity contribution in [3.05, 3.63) is 97.1 Å². The quantitative estimate of drug-likeness (QED) is 0.278. The summed E-state index contributed by atoms with van der Waals surface area (Å²) in [5.41, 5.74) is 6.02. The van der Waals surface area contributed by atoms with Gasteiger partial charge in [0.05, 0.1) is 23.9 Å². The summed E-state index contributed by atoms with van der Waals surface area (Å²) in [5.74, 6) is 0. The molecule has 2 heterocycles. The van der Waals surface area contributed by atoms with Crippen molar-refractivity contribution in [1.29, 1.82) is 0 Å². The Balaban J connectivity index is 1.57. The maximum atomic E-state index is 11.5. The van der Waals surface area contributed by atoms with Gasteiger partial charge in [-0.25, -0.2) is 0 Å². The highest BCUT2D eigenvalue weighted by Gasteiger charge is 2.24. The number of aliphatic hydroxyl groups excluding tert-OH is 1. The lowest BCUT2D eigenvalue weighted by Gasteiger charge is -2.24. The Morgan fingerprint density at radius 1 is 0.611 bits per heavy atom. The number of rotatable bonds is 6. The topological polar surface area (TPSA) is 28.4 Å². The maximum Gasteiger partial charge on any atom is 0.0845 e. The zero-order valence-corrected chi connectivity index (χ0v) is 20.8. The minimum atomic E-state index is -0.441. The van der Waals surface area contributed by atoms with Crippen LogP contribution in [0.4, 0.5) is 0 Å². The number of hydrogen-bond acceptors (Lipinski definition) is 2. The minimum Gasteiger partial charge on any atom is -0.390 e. The molecule has 1 saturated heterocycles. The van der Waals surface area contributed by atoms with Gasteiger partial charge in [-0.2, -0.15) is 0 Å². The van der Waals surface area contributed by atoms with E-state index in [1.807, 2.05) is 0 Å². The van der Waals surface area contributed by atoms with E-state index in [1.165, 1.54) is 69.7 Å². The second-order valence-corrected chi connectivity index (χ2v) is 10.1. The van der Waals surface area contributed by atoms with Crippen molar-refractivity contribution in [3.63, 3.8) is 0 Å². The number of fused-ring (bicyclic) bond motifs is 3. The summed E-state index contributed by atoms with van der Waals surface area (Å²) in [7, 11) is 0. The highest BCUT2D eigenvalue weighted by molar-refractivity contribution is 6.15. The van der Waals surface area contributed by atoms with Crippen LogP contribution in [0.5, 0.6) is 0 Å². The average molecular weight is 475 g/mol. The summed E-state index contributed by atoms with van der Waals surface area (Å²) >= 11 is 0. The van der Waals surface area contributed by atoms with E-state index in [4.69, 9.17) is 0 Å². The molecule has 36 heavy (non-hydrogen) atoms. The lowest BCUT2D eigenvalue weighted by atomic mass is 9.97. The normalized spacial score (nSPS) is 15.8. The summed E-state index contributed by atoms with van der Waals surface area (Å²) in [4.78, 5) is 2.46. The summed E-state index contributed by atoms with van der Waals surface area (Å²) in [5, 5.41) is 15.2. The molecule has 1 aromatic heterocycles. The Bertz CT molecular complexity index is 1450. The molecule has 0 radical (unpaired) electrons. The molecule has 5 aromatic rings. The molecule has 4 aromatic carbocycles. The van der Waals surface area contributed by atoms with E-state index in [1.54, 1.807) is 0 Å². The molecule has 1 N–H and O–H groups in total. The lowest BCUT2D eigenvalue weighted by Crippen LogP contribution is -2.35. The van der Waals surface area contributed by atoms with Crippen LogP contribution in [0.25, 0.3) is 44.1 Å². The average Bonchev–Trinajstić information content (AvgIpc) is 3.04. The monoisotopic (exact) mass is 474 g/mol. The smallest absolute Gasteiger partial charge is 0.0845 e. The summed E-state index contributed by atoms with van der Waals surface area (Å²) in [6.07, 6.45) is 4.64. The third-order valence-electron chi connectivity index (χ3n) is 7.62. The van der Waals surface area contributed by atoms with E-state index in [0.717, 1.165) is 19.6 Å². The molecular formula is C33H34N2O. The maximum absolute atomic E-state index is 11.5. The SMILES string of the molecule is OC(CN1CCCCCC1)Cn1c(-c2ccccc2)c(-c2ccccc2)c2ccc3ccccc3c21. The zero-order valence-electron chi connectivity index (χ0n) is 20.8. The van der Waals surface area contributed by atoms with E-state index < -0.39 is 6.10 Å². The van der Waals surface area contributed by atoms with Gasteiger partial charge in [0.1, 0.15) is 0 Å². The van der Waals surface area contributed by atoms with Gasteiger partial charge in [0.25, 0.3) is 0 Å². The molecule has 1 unspecified atom stereocenters. The van der Waals surface area contributed by atoms with Gasteiger partial charge in [-0.3, -0.25) is 0 Å². The molecule has 1 fully saturated rings. The van der Waals surface area contributed by atoms with Gasteiger partial charge < -0.3 is 14.6 Å². The van der Waals surface area contributed by atoms with E-state index in [0.29, 0.717) is 6.54 Å². The molecule has 0 bridgehead atoms. The fourth-order valence-electron chi connectivity index (χ4n) is 5.98. The minimum absolute atomic E-state index is 0.441. The molecule has 0 saturated carbocycles. The van der Waals surface area contributed by atoms with E-state index in [-0.39, 0.29) is 0 Å². The van der Waals surface area contributed by atoms with Crippen LogP contribution in [0.3, 0.4) is 0 Å². The van der Waals surface area contributed by atoms with Crippen LogP contribution in [0, 0.1) is 0 Å². The van der Waals surface area contributed by atoms with Crippen LogP contribution < -0.4 is 0 Å². The van der Waals surface area contributed by atoms with Crippen molar-refractivity contribution in [2.75, 3.05) is 19.6 Å². The second-order valence-electron chi connectivity index (χ2n) is 10.1. The number of aromatic nitrogens is 1. The fraction of sp³-hybridized carbons (Fsp3) is 0.273. The number of β-amino-alcohol motifs (C(OH)–C–C–N with tert-alkyl or cyclic N) is 1. The van der Waals surface area contributed by atoms with Gasteiger partial charge in [-0.15, -0.1) is 0 Å². The molecule has 0 spiro atoms. The molecule has 0 aliphatic carbocycles. The number of aliphatic hydroxyl groups is 1. The first-order chi connectivity index (χ1) is 17.8. The zero-order chi connectivity index (χ0) is 24.3. The number of benzene rings is 4. The predicted molar refractivity (Wildman–Crippen MR) is 151 cm³/mol. The van der Waals surface area contributed by atoms with Gasteiger partial charge in [-0.1, -0.05) is 110 Å². The Morgan fingerprint density at radius 3 is 1.97 bits per heavy atom. The highest BCUT2D eigenvalue weighted by atomic mass is 16.3. The van der Waals surface area contributed by atoms with Gasteiger partial charge in [-0.05, 0) is 42.4 Å². The second kappa shape index (κ2) is 10.3. The molecule has 1 atom stereocenters. The first-order valence-corrected chi connectivity index (χ1v) is 13.3. The summed E-state index contributed by atoms with van der Waals surface area (Å²) in [6.45, 7) is 3.47. The van der Waals surface area contributed by atoms with Crippen molar-refractivity contribution >= 4 is 21.7 Å². The third-order valence-corrected chi connectivity index (χ3v) is 7.62. The van der Waals surface area contributed by atoms with Gasteiger partial charge in [0.15, 0.2) is 0 Å². The molecular weight excluding hydrogens is 440 g/mol. The molecule has 1 aliphatic rings. The van der Waals surface area contributed by atoms with Crippen molar-refractivity contribution < 1.29 is 5.11 Å². The Labute approximate surface area is 213 Å². The molecule has 3 nitrogen and oxygen atoms in total. The largest absolute Gasteiger partial charge is 0.390 e. The van der Waals surface area contributed by atoms with Crippen molar-refractivity contribution in [2.45, 2.75) is 38.3 Å². The van der Waals surface area contributed by atoms with Crippen LogP contribution >= 0.6 is 0 Å². The van der Waals surface area contributed by atoms with Gasteiger partial charge in [0.2, 0.25) is 0 Å². The van der Waals surface area contributed by atoms with Crippen molar-refractivity contribution in [1.82, 2.24) is 9.47 Å². The van der Waals surface area contributed by atoms with E-state index in [2.05, 4.69) is 107 Å². The molecule has 182 valence electrons. The highest BCUT2D eigenvalue weighted by Crippen LogP contribution is 2.43. The first kappa shape index (κ1) is 23.0.